The van der Waals surface area contributed by atoms with Crippen molar-refractivity contribution in [3.8, 4) is 5.69 Å². The maximum absolute atomic E-state index is 12.8. The number of nitrogens with zero attached hydrogens (tertiary/aromatic N) is 2. The summed E-state index contributed by atoms with van der Waals surface area (Å²) >= 11 is 6.07. The SMILES string of the molecule is Cn1c(C2CC2)c(C2CC2)c(=O)n1-c1cccc(Cl)c1. The van der Waals surface area contributed by atoms with Crippen LogP contribution in [0.2, 0.25) is 5.02 Å². The number of benzene rings is 1. The van der Waals surface area contributed by atoms with Crippen molar-refractivity contribution in [2.75, 3.05) is 0 Å². The molecule has 2 aromatic rings. The topological polar surface area (TPSA) is 26.9 Å². The Hall–Kier alpha value is -1.48. The molecule has 0 radical (unpaired) electrons. The molecule has 4 rings (SSSR count). The predicted molar refractivity (Wildman–Crippen MR) is 80.0 cm³/mol. The van der Waals surface area contributed by atoms with E-state index in [0.717, 1.165) is 24.1 Å². The fraction of sp³-hybridized carbons (Fsp3) is 0.438. The van der Waals surface area contributed by atoms with Crippen molar-refractivity contribution in [1.29, 1.82) is 0 Å². The van der Waals surface area contributed by atoms with Gasteiger partial charge in [-0.2, -0.15) is 0 Å². The van der Waals surface area contributed by atoms with Crippen LogP contribution in [0.25, 0.3) is 5.69 Å². The summed E-state index contributed by atoms with van der Waals surface area (Å²) in [5.41, 5.74) is 3.34. The van der Waals surface area contributed by atoms with Gasteiger partial charge in [-0.1, -0.05) is 17.7 Å². The molecule has 1 aromatic heterocycles. The van der Waals surface area contributed by atoms with Crippen LogP contribution in [-0.4, -0.2) is 9.36 Å². The van der Waals surface area contributed by atoms with Crippen molar-refractivity contribution in [2.24, 2.45) is 7.05 Å². The third-order valence-corrected chi connectivity index (χ3v) is 4.58. The lowest BCUT2D eigenvalue weighted by Gasteiger charge is -2.10. The van der Waals surface area contributed by atoms with Gasteiger partial charge in [-0.05, 0) is 49.8 Å². The van der Waals surface area contributed by atoms with Gasteiger partial charge in [-0.15, -0.1) is 0 Å². The number of rotatable bonds is 3. The highest BCUT2D eigenvalue weighted by molar-refractivity contribution is 6.30. The van der Waals surface area contributed by atoms with Crippen LogP contribution < -0.4 is 5.56 Å². The summed E-state index contributed by atoms with van der Waals surface area (Å²) in [7, 11) is 2.00. The molecular weight excluding hydrogens is 272 g/mol. The molecule has 104 valence electrons. The lowest BCUT2D eigenvalue weighted by atomic mass is 10.1. The average molecular weight is 289 g/mol. The van der Waals surface area contributed by atoms with Crippen molar-refractivity contribution in [2.45, 2.75) is 37.5 Å². The van der Waals surface area contributed by atoms with E-state index in [4.69, 9.17) is 11.6 Å². The van der Waals surface area contributed by atoms with E-state index in [-0.39, 0.29) is 5.56 Å². The Morgan fingerprint density at radius 1 is 1.15 bits per heavy atom. The Kier molecular flexibility index (Phi) is 2.61. The lowest BCUT2D eigenvalue weighted by molar-refractivity contribution is 0.616. The number of hydrogen-bond acceptors (Lipinski definition) is 1. The average Bonchev–Trinajstić information content (AvgIpc) is 3.29. The molecular formula is C16H17ClN2O. The van der Waals surface area contributed by atoms with E-state index in [1.807, 2.05) is 31.3 Å². The lowest BCUT2D eigenvalue weighted by Crippen LogP contribution is -2.20. The maximum Gasteiger partial charge on any atom is 0.275 e. The molecule has 0 saturated heterocycles. The second kappa shape index (κ2) is 4.26. The summed E-state index contributed by atoms with van der Waals surface area (Å²) in [4.78, 5) is 12.8. The summed E-state index contributed by atoms with van der Waals surface area (Å²) < 4.78 is 3.84. The molecule has 3 nitrogen and oxygen atoms in total. The molecule has 2 saturated carbocycles. The van der Waals surface area contributed by atoms with Crippen LogP contribution in [-0.2, 0) is 7.05 Å². The molecule has 0 unspecified atom stereocenters. The number of hydrogen-bond donors (Lipinski definition) is 0. The first kappa shape index (κ1) is 12.3. The Morgan fingerprint density at radius 3 is 2.45 bits per heavy atom. The summed E-state index contributed by atoms with van der Waals surface area (Å²) in [6.45, 7) is 0. The summed E-state index contributed by atoms with van der Waals surface area (Å²) in [6, 6.07) is 7.53. The van der Waals surface area contributed by atoms with Crippen molar-refractivity contribution >= 4 is 11.6 Å². The molecule has 2 aliphatic carbocycles. The van der Waals surface area contributed by atoms with Crippen molar-refractivity contribution in [3.05, 3.63) is 50.9 Å². The molecule has 4 heteroatoms. The summed E-state index contributed by atoms with van der Waals surface area (Å²) in [5, 5.41) is 0.663. The predicted octanol–water partition coefficient (Wildman–Crippen LogP) is 3.58. The van der Waals surface area contributed by atoms with Crippen LogP contribution >= 0.6 is 11.6 Å². The van der Waals surface area contributed by atoms with Crippen LogP contribution in [0, 0.1) is 0 Å². The van der Waals surface area contributed by atoms with Crippen LogP contribution in [0.1, 0.15) is 48.8 Å². The Bertz CT molecular complexity index is 735. The molecule has 0 amide bonds. The Labute approximate surface area is 122 Å². The summed E-state index contributed by atoms with van der Waals surface area (Å²) in [5.74, 6) is 1.08. The van der Waals surface area contributed by atoms with E-state index in [1.165, 1.54) is 18.5 Å². The molecule has 1 heterocycles. The summed E-state index contributed by atoms with van der Waals surface area (Å²) in [6.07, 6.45) is 4.75. The van der Waals surface area contributed by atoms with E-state index in [1.54, 1.807) is 4.68 Å². The largest absolute Gasteiger partial charge is 0.284 e. The monoisotopic (exact) mass is 288 g/mol. The highest BCUT2D eigenvalue weighted by atomic mass is 35.5. The quantitative estimate of drug-likeness (QED) is 0.848. The molecule has 1 aromatic carbocycles. The van der Waals surface area contributed by atoms with Gasteiger partial charge >= 0.3 is 0 Å². The van der Waals surface area contributed by atoms with Crippen LogP contribution in [0.4, 0.5) is 0 Å². The van der Waals surface area contributed by atoms with Gasteiger partial charge in [0.05, 0.1) is 5.69 Å². The fourth-order valence-electron chi connectivity index (χ4n) is 3.14. The second-order valence-electron chi connectivity index (χ2n) is 5.97. The van der Waals surface area contributed by atoms with Gasteiger partial charge in [0.2, 0.25) is 0 Å². The second-order valence-corrected chi connectivity index (χ2v) is 6.40. The highest BCUT2D eigenvalue weighted by Gasteiger charge is 2.38. The van der Waals surface area contributed by atoms with Gasteiger partial charge in [-0.25, -0.2) is 4.68 Å². The Morgan fingerprint density at radius 2 is 1.85 bits per heavy atom. The van der Waals surface area contributed by atoms with Gasteiger partial charge in [-0.3, -0.25) is 9.48 Å². The van der Waals surface area contributed by atoms with Gasteiger partial charge in [0.25, 0.3) is 5.56 Å². The molecule has 0 atom stereocenters. The molecule has 2 fully saturated rings. The smallest absolute Gasteiger partial charge is 0.275 e. The molecule has 0 N–H and O–H groups in total. The van der Waals surface area contributed by atoms with Gasteiger partial charge in [0, 0.05) is 29.2 Å². The number of aromatic nitrogens is 2. The maximum atomic E-state index is 12.8. The first-order valence-electron chi connectivity index (χ1n) is 7.24. The first-order chi connectivity index (χ1) is 9.66. The van der Waals surface area contributed by atoms with Gasteiger partial charge in [0.15, 0.2) is 0 Å². The van der Waals surface area contributed by atoms with Crippen LogP contribution in [0.3, 0.4) is 0 Å². The van der Waals surface area contributed by atoms with E-state index in [0.29, 0.717) is 16.9 Å². The molecule has 0 spiro atoms. The molecule has 0 aliphatic heterocycles. The minimum atomic E-state index is 0.152. The van der Waals surface area contributed by atoms with E-state index < -0.39 is 0 Å². The standard InChI is InChI=1S/C16H17ClN2O/c1-18-15(11-7-8-11)14(10-5-6-10)16(20)19(18)13-4-2-3-12(17)9-13/h2-4,9-11H,5-8H2,1H3. The highest BCUT2D eigenvalue weighted by Crippen LogP contribution is 2.48. The normalized spacial score (nSPS) is 18.5. The van der Waals surface area contributed by atoms with E-state index in [9.17, 15) is 4.79 Å². The van der Waals surface area contributed by atoms with Crippen LogP contribution in [0.5, 0.6) is 0 Å². The van der Waals surface area contributed by atoms with Crippen LogP contribution in [0.15, 0.2) is 29.1 Å². The molecule has 20 heavy (non-hydrogen) atoms. The van der Waals surface area contributed by atoms with Crippen molar-refractivity contribution in [3.63, 3.8) is 0 Å². The zero-order valence-corrected chi connectivity index (χ0v) is 12.2. The third kappa shape index (κ3) is 1.84. The van der Waals surface area contributed by atoms with Crippen molar-refractivity contribution in [1.82, 2.24) is 9.36 Å². The minimum Gasteiger partial charge on any atom is -0.284 e. The zero-order valence-electron chi connectivity index (χ0n) is 11.5. The zero-order chi connectivity index (χ0) is 13.9. The Balaban J connectivity index is 1.96. The van der Waals surface area contributed by atoms with E-state index in [2.05, 4.69) is 4.68 Å². The van der Waals surface area contributed by atoms with Crippen molar-refractivity contribution < 1.29 is 0 Å². The fourth-order valence-corrected chi connectivity index (χ4v) is 3.32. The van der Waals surface area contributed by atoms with Gasteiger partial charge < -0.3 is 0 Å². The minimum absolute atomic E-state index is 0.152. The van der Waals surface area contributed by atoms with Gasteiger partial charge in [0.1, 0.15) is 0 Å². The molecule has 0 bridgehead atoms. The first-order valence-corrected chi connectivity index (χ1v) is 7.62. The molecule has 2 aliphatic rings. The number of halogens is 1. The third-order valence-electron chi connectivity index (χ3n) is 4.35. The van der Waals surface area contributed by atoms with E-state index >= 15 is 0 Å².